The van der Waals surface area contributed by atoms with E-state index in [-0.39, 0.29) is 11.9 Å². The number of aryl methyl sites for hydroxylation is 1. The van der Waals surface area contributed by atoms with Gasteiger partial charge in [0.25, 0.3) is 0 Å². The van der Waals surface area contributed by atoms with Crippen LogP contribution >= 0.6 is 0 Å². The van der Waals surface area contributed by atoms with Gasteiger partial charge >= 0.3 is 0 Å². The number of allylic oxidation sites excluding steroid dienone is 2. The zero-order chi connectivity index (χ0) is 29.2. The highest BCUT2D eigenvalue weighted by atomic mass is 16.5. The monoisotopic (exact) mass is 539 g/mol. The molecule has 0 amide bonds. The first-order valence-electron chi connectivity index (χ1n) is 14.2. The Morgan fingerprint density at radius 3 is 2.41 bits per heavy atom. The molecule has 1 unspecified atom stereocenters. The summed E-state index contributed by atoms with van der Waals surface area (Å²) in [5, 5.41) is 11.4. The molecule has 1 fully saturated rings. The molecule has 0 radical (unpaired) electrons. The Hall–Kier alpha value is -3.19. The molecular weight excluding hydrogens is 490 g/mol. The number of benzene rings is 1. The van der Waals surface area contributed by atoms with Crippen LogP contribution in [0, 0.1) is 5.41 Å². The van der Waals surface area contributed by atoms with E-state index < -0.39 is 0 Å². The normalized spacial score (nSPS) is 14.1. The number of aromatic nitrogens is 1. The smallest absolute Gasteiger partial charge is 0.215 e. The van der Waals surface area contributed by atoms with Crippen molar-refractivity contribution < 1.29 is 19.0 Å². The minimum absolute atomic E-state index is 0.0410. The molecule has 2 N–H and O–H groups in total. The molecule has 0 aliphatic carbocycles. The Morgan fingerprint density at radius 1 is 1.21 bits per heavy atom. The van der Waals surface area contributed by atoms with Crippen molar-refractivity contribution in [2.45, 2.75) is 93.1 Å². The summed E-state index contributed by atoms with van der Waals surface area (Å²) in [5.41, 5.74) is 3.70. The molecule has 7 heteroatoms. The Labute approximate surface area is 235 Å². The molecule has 0 bridgehead atoms. The quantitative estimate of drug-likeness (QED) is 0.169. The third-order valence-corrected chi connectivity index (χ3v) is 5.70. The Morgan fingerprint density at radius 2 is 1.92 bits per heavy atom. The molecule has 0 saturated carbocycles. The minimum Gasteiger partial charge on any atom is -0.494 e. The van der Waals surface area contributed by atoms with E-state index in [1.165, 1.54) is 6.42 Å². The van der Waals surface area contributed by atoms with Crippen LogP contribution in [-0.2, 0) is 11.2 Å². The van der Waals surface area contributed by atoms with Crippen LogP contribution in [0.5, 0.6) is 11.6 Å². The van der Waals surface area contributed by atoms with Crippen LogP contribution in [0.15, 0.2) is 36.4 Å². The summed E-state index contributed by atoms with van der Waals surface area (Å²) < 4.78 is 17.1. The van der Waals surface area contributed by atoms with E-state index in [0.29, 0.717) is 71.6 Å². The fraction of sp³-hybridized carbons (Fsp3) is 0.531. The number of para-hydroxylation sites is 1. The number of nitrogens with one attached hydrogen (secondary N) is 2. The van der Waals surface area contributed by atoms with E-state index in [9.17, 15) is 4.79 Å². The highest BCUT2D eigenvalue weighted by Crippen LogP contribution is 2.35. The van der Waals surface area contributed by atoms with E-state index in [2.05, 4.69) is 43.2 Å². The largest absolute Gasteiger partial charge is 0.494 e. The Bertz CT molecular complexity index is 1060. The van der Waals surface area contributed by atoms with Crippen LogP contribution in [0.4, 0.5) is 11.4 Å². The van der Waals surface area contributed by atoms with E-state index in [4.69, 9.17) is 19.6 Å². The fourth-order valence-corrected chi connectivity index (χ4v) is 3.96. The second kappa shape index (κ2) is 19.0. The maximum absolute atomic E-state index is 13.0. The van der Waals surface area contributed by atoms with Crippen LogP contribution in [0.1, 0.15) is 102 Å². The molecule has 1 aliphatic heterocycles. The standard InChI is InChI=1S/C24H31N3O4.C5H10.C3H8/c1-5-8-21(28)23-18(6-2)27-22(31-16-11-12-30-14-16)13-20(23)26-19-10-7-9-17(15(3)25)24(19)29-4;1-3-5-4-2;1-3-2/h7,9-10,13,16,25H,5-6,8,11-12,14H2,1-4H3,(H,26,27);3,5H,4H2,1-2H3;3H2,1-2H3/b;5-3+;. The molecule has 0 spiro atoms. The molecule has 1 saturated heterocycles. The van der Waals surface area contributed by atoms with Crippen LogP contribution < -0.4 is 14.8 Å². The van der Waals surface area contributed by atoms with Crippen molar-refractivity contribution in [2.24, 2.45) is 0 Å². The number of ketones is 1. The summed E-state index contributed by atoms with van der Waals surface area (Å²) in [5.74, 6) is 1.08. The number of ether oxygens (including phenoxy) is 3. The molecule has 216 valence electrons. The lowest BCUT2D eigenvalue weighted by Gasteiger charge is -2.20. The minimum atomic E-state index is -0.0410. The first-order chi connectivity index (χ1) is 18.8. The van der Waals surface area contributed by atoms with Crippen molar-refractivity contribution in [3.8, 4) is 11.6 Å². The van der Waals surface area contributed by atoms with Gasteiger partial charge in [0.15, 0.2) is 11.5 Å². The number of pyridine rings is 1. The molecule has 1 aliphatic rings. The van der Waals surface area contributed by atoms with Crippen molar-refractivity contribution in [1.82, 2.24) is 4.98 Å². The fourth-order valence-electron chi connectivity index (χ4n) is 3.96. The number of methoxy groups -OCH3 is 1. The third kappa shape index (κ3) is 10.8. The van der Waals surface area contributed by atoms with Crippen LogP contribution in [0.2, 0.25) is 0 Å². The molecule has 1 aromatic carbocycles. The number of Topliss-reactive ketones (excluding diaryl/α,β-unsaturated/α-hetero) is 1. The van der Waals surface area contributed by atoms with E-state index in [1.807, 2.05) is 39.0 Å². The van der Waals surface area contributed by atoms with Crippen molar-refractivity contribution in [3.05, 3.63) is 53.2 Å². The maximum atomic E-state index is 13.0. The summed E-state index contributed by atoms with van der Waals surface area (Å²) >= 11 is 0. The SMILES string of the molecule is C/C=C/CC.CCC.CCCC(=O)c1c(Nc2cccc(C(C)=N)c2OC)cc(OC2CCOC2)nc1CC. The lowest BCUT2D eigenvalue weighted by molar-refractivity contribution is 0.0981. The number of anilines is 2. The van der Waals surface area contributed by atoms with Gasteiger partial charge in [-0.05, 0) is 45.2 Å². The number of carbonyl (C=O) groups excluding carboxylic acids is 1. The molecule has 7 nitrogen and oxygen atoms in total. The number of hydrogen-bond acceptors (Lipinski definition) is 7. The second-order valence-corrected chi connectivity index (χ2v) is 9.28. The van der Waals surface area contributed by atoms with Gasteiger partial charge in [-0.15, -0.1) is 0 Å². The second-order valence-electron chi connectivity index (χ2n) is 9.28. The molecule has 2 aromatic rings. The van der Waals surface area contributed by atoms with Gasteiger partial charge in [-0.25, -0.2) is 4.98 Å². The van der Waals surface area contributed by atoms with Crippen molar-refractivity contribution in [3.63, 3.8) is 0 Å². The summed E-state index contributed by atoms with van der Waals surface area (Å²) in [6.45, 7) is 15.3. The topological polar surface area (TPSA) is 93.5 Å². The third-order valence-electron chi connectivity index (χ3n) is 5.70. The van der Waals surface area contributed by atoms with Crippen LogP contribution in [0.3, 0.4) is 0 Å². The molecule has 1 aromatic heterocycles. The van der Waals surface area contributed by atoms with E-state index >= 15 is 0 Å². The zero-order valence-electron chi connectivity index (χ0n) is 25.3. The van der Waals surface area contributed by atoms with Gasteiger partial charge in [-0.2, -0.15) is 0 Å². The highest BCUT2D eigenvalue weighted by Gasteiger charge is 2.23. The van der Waals surface area contributed by atoms with Crippen molar-refractivity contribution in [1.29, 1.82) is 5.41 Å². The van der Waals surface area contributed by atoms with Gasteiger partial charge in [0.05, 0.1) is 43.0 Å². The molecule has 2 heterocycles. The number of nitrogens with zero attached hydrogens (tertiary/aromatic N) is 1. The number of rotatable bonds is 11. The molecule has 1 atom stereocenters. The van der Waals surface area contributed by atoms with Gasteiger partial charge in [-0.1, -0.05) is 59.3 Å². The van der Waals surface area contributed by atoms with Crippen LogP contribution in [0.25, 0.3) is 0 Å². The number of hydrogen-bond donors (Lipinski definition) is 2. The van der Waals surface area contributed by atoms with Gasteiger partial charge in [-0.3, -0.25) is 4.79 Å². The summed E-state index contributed by atoms with van der Waals surface area (Å²) in [4.78, 5) is 17.7. The first kappa shape index (κ1) is 33.8. The summed E-state index contributed by atoms with van der Waals surface area (Å²) in [6, 6.07) is 7.36. The molecular formula is C32H49N3O4. The van der Waals surface area contributed by atoms with Gasteiger partial charge in [0, 0.05) is 30.2 Å². The maximum Gasteiger partial charge on any atom is 0.215 e. The highest BCUT2D eigenvalue weighted by molar-refractivity contribution is 6.04. The van der Waals surface area contributed by atoms with Gasteiger partial charge < -0.3 is 24.9 Å². The first-order valence-corrected chi connectivity index (χ1v) is 14.2. The van der Waals surface area contributed by atoms with Gasteiger partial charge in [0.2, 0.25) is 5.88 Å². The number of carbonyl (C=O) groups is 1. The van der Waals surface area contributed by atoms with Gasteiger partial charge in [0.1, 0.15) is 6.10 Å². The average molecular weight is 540 g/mol. The summed E-state index contributed by atoms with van der Waals surface area (Å²) in [7, 11) is 1.58. The lowest BCUT2D eigenvalue weighted by Crippen LogP contribution is -2.18. The van der Waals surface area contributed by atoms with E-state index in [0.717, 1.165) is 19.3 Å². The zero-order valence-corrected chi connectivity index (χ0v) is 25.3. The Kier molecular flexibility index (Phi) is 16.5. The predicted molar refractivity (Wildman–Crippen MR) is 163 cm³/mol. The molecule has 39 heavy (non-hydrogen) atoms. The van der Waals surface area contributed by atoms with Crippen molar-refractivity contribution >= 4 is 22.9 Å². The van der Waals surface area contributed by atoms with E-state index in [1.54, 1.807) is 20.1 Å². The predicted octanol–water partition coefficient (Wildman–Crippen LogP) is 8.32. The molecule has 3 rings (SSSR count). The summed E-state index contributed by atoms with van der Waals surface area (Å²) in [6.07, 6.45) is 9.17. The lowest BCUT2D eigenvalue weighted by atomic mass is 10.0. The van der Waals surface area contributed by atoms with Crippen LogP contribution in [-0.4, -0.2) is 42.9 Å². The van der Waals surface area contributed by atoms with Crippen molar-refractivity contribution in [2.75, 3.05) is 25.6 Å². The Balaban J connectivity index is 0.000000838. The average Bonchev–Trinajstić information content (AvgIpc) is 3.42.